The predicted molar refractivity (Wildman–Crippen MR) is 117 cm³/mol. The molecular weight excluding hydrogens is 425 g/mol. The van der Waals surface area contributed by atoms with Crippen LogP contribution in [0.15, 0.2) is 29.1 Å². The van der Waals surface area contributed by atoms with E-state index in [0.717, 1.165) is 26.8 Å². The van der Waals surface area contributed by atoms with Gasteiger partial charge in [0.1, 0.15) is 23.9 Å². The molecule has 6 nitrogen and oxygen atoms in total. The fourth-order valence-electron chi connectivity index (χ4n) is 3.88. The molecule has 0 unspecified atom stereocenters. The van der Waals surface area contributed by atoms with E-state index in [1.165, 1.54) is 12.1 Å². The Morgan fingerprint density at radius 2 is 2.00 bits per heavy atom. The number of hydrogen-bond acceptors (Lipinski definition) is 5. The van der Waals surface area contributed by atoms with Gasteiger partial charge in [-0.1, -0.05) is 0 Å². The number of hydrogen-bond donors (Lipinski definition) is 0. The van der Waals surface area contributed by atoms with E-state index in [2.05, 4.69) is 0 Å². The first-order valence-corrected chi connectivity index (χ1v) is 10.5. The summed E-state index contributed by atoms with van der Waals surface area (Å²) >= 11 is 0. The molecule has 1 atom stereocenters. The summed E-state index contributed by atoms with van der Waals surface area (Å²) in [4.78, 5) is 12.6. The number of halogens is 3. The van der Waals surface area contributed by atoms with Crippen molar-refractivity contribution >= 4 is 15.7 Å². The molecule has 2 aliphatic heterocycles. The third-order valence-electron chi connectivity index (χ3n) is 5.81. The lowest BCUT2D eigenvalue weighted by atomic mass is 9.64. The van der Waals surface area contributed by atoms with E-state index >= 15 is 0 Å². The summed E-state index contributed by atoms with van der Waals surface area (Å²) in [6.45, 7) is 4.01. The van der Waals surface area contributed by atoms with Gasteiger partial charge in [0.15, 0.2) is 27.0 Å². The first-order valence-electron chi connectivity index (χ1n) is 10.5. The number of nitrogens with zero attached hydrogens (tertiary/aromatic N) is 1. The number of fused-ring (bicyclic) bond motifs is 3. The second-order valence-electron chi connectivity index (χ2n) is 8.53. The van der Waals surface area contributed by atoms with Crippen LogP contribution in [0.4, 0.5) is 13.2 Å². The highest BCUT2D eigenvalue weighted by Gasteiger charge is 2.49. The number of alkyl halides is 3. The molecule has 2 aromatic rings. The molecule has 1 saturated heterocycles. The lowest BCUT2D eigenvalue weighted by Gasteiger charge is -2.31. The molecule has 2 aliphatic rings. The van der Waals surface area contributed by atoms with E-state index in [9.17, 15) is 18.0 Å². The Morgan fingerprint density at radius 3 is 2.69 bits per heavy atom. The normalized spacial score (nSPS) is 18.6. The fraction of sp³-hybridized carbons (Fsp3) is 0.476. The minimum atomic E-state index is -4.50. The van der Waals surface area contributed by atoms with Crippen molar-refractivity contribution in [2.24, 2.45) is 0 Å². The summed E-state index contributed by atoms with van der Waals surface area (Å²) in [6, 6.07) is 6.30. The van der Waals surface area contributed by atoms with E-state index in [1.807, 2.05) is 4.57 Å². The van der Waals surface area contributed by atoms with Crippen molar-refractivity contribution in [3.8, 4) is 22.9 Å². The molecule has 3 heterocycles. The van der Waals surface area contributed by atoms with Crippen molar-refractivity contribution in [2.45, 2.75) is 37.6 Å². The zero-order valence-electron chi connectivity index (χ0n) is 18.3. The minimum absolute atomic E-state index is 0.140. The third kappa shape index (κ3) is 4.41. The van der Waals surface area contributed by atoms with Gasteiger partial charge in [-0.25, -0.2) is 0 Å². The predicted octanol–water partition coefficient (Wildman–Crippen LogP) is 1.04. The SMILES string of the molecule is BC(B)(Oc1ccc2c(c1)CCn1c(OC[C@@H]3COCCO3)cc(=O)c(C)c1-2)C(F)(F)F. The van der Waals surface area contributed by atoms with E-state index in [-0.39, 0.29) is 23.9 Å². The van der Waals surface area contributed by atoms with Crippen LogP contribution >= 0.6 is 0 Å². The monoisotopic (exact) mass is 449 g/mol. The molecule has 32 heavy (non-hydrogen) atoms. The van der Waals surface area contributed by atoms with Crippen molar-refractivity contribution in [2.75, 3.05) is 26.4 Å². The minimum Gasteiger partial charge on any atom is -0.496 e. The molecule has 1 fully saturated rings. The zero-order valence-corrected chi connectivity index (χ0v) is 18.3. The third-order valence-corrected chi connectivity index (χ3v) is 5.81. The summed E-state index contributed by atoms with van der Waals surface area (Å²) in [5.74, 6) is 0.579. The van der Waals surface area contributed by atoms with Gasteiger partial charge in [0.25, 0.3) is 0 Å². The molecule has 170 valence electrons. The fourth-order valence-corrected chi connectivity index (χ4v) is 3.88. The van der Waals surface area contributed by atoms with Gasteiger partial charge in [0.2, 0.25) is 0 Å². The van der Waals surface area contributed by atoms with Gasteiger partial charge < -0.3 is 23.5 Å². The second-order valence-corrected chi connectivity index (χ2v) is 8.53. The van der Waals surface area contributed by atoms with Gasteiger partial charge in [-0.05, 0) is 37.1 Å². The second kappa shape index (κ2) is 8.51. The van der Waals surface area contributed by atoms with Crippen LogP contribution in [0.5, 0.6) is 11.6 Å². The van der Waals surface area contributed by atoms with Crippen LogP contribution in [-0.4, -0.2) is 64.4 Å². The Morgan fingerprint density at radius 1 is 1.22 bits per heavy atom. The maximum atomic E-state index is 13.2. The zero-order chi connectivity index (χ0) is 23.1. The van der Waals surface area contributed by atoms with Crippen LogP contribution in [0.1, 0.15) is 11.1 Å². The topological polar surface area (TPSA) is 58.9 Å². The van der Waals surface area contributed by atoms with Crippen LogP contribution in [0.3, 0.4) is 0 Å². The Bertz CT molecular complexity index is 1060. The molecule has 0 N–H and O–H groups in total. The molecule has 1 aromatic carbocycles. The van der Waals surface area contributed by atoms with Crippen LogP contribution in [0.25, 0.3) is 11.3 Å². The highest BCUT2D eigenvalue weighted by atomic mass is 19.4. The highest BCUT2D eigenvalue weighted by molar-refractivity contribution is 6.40. The van der Waals surface area contributed by atoms with Crippen LogP contribution in [0, 0.1) is 6.92 Å². The lowest BCUT2D eigenvalue weighted by molar-refractivity contribution is -0.185. The molecule has 11 heteroatoms. The molecule has 4 rings (SSSR count). The van der Waals surface area contributed by atoms with Crippen LogP contribution in [0.2, 0.25) is 0 Å². The number of aryl methyl sites for hydroxylation is 1. The molecule has 0 bridgehead atoms. The Hall–Kier alpha value is -2.39. The summed E-state index contributed by atoms with van der Waals surface area (Å²) in [7, 11) is 1.99. The molecule has 0 amide bonds. The van der Waals surface area contributed by atoms with Crippen molar-refractivity contribution in [1.82, 2.24) is 4.57 Å². The quantitative estimate of drug-likeness (QED) is 0.639. The first-order chi connectivity index (χ1) is 15.1. The van der Waals surface area contributed by atoms with E-state index in [4.69, 9.17) is 18.9 Å². The van der Waals surface area contributed by atoms with Gasteiger partial charge >= 0.3 is 6.18 Å². The molecule has 0 aliphatic carbocycles. The van der Waals surface area contributed by atoms with E-state index in [0.29, 0.717) is 49.9 Å². The first kappa shape index (κ1) is 22.8. The highest BCUT2D eigenvalue weighted by Crippen LogP contribution is 2.37. The van der Waals surface area contributed by atoms with Gasteiger partial charge in [-0.15, -0.1) is 0 Å². The van der Waals surface area contributed by atoms with Crippen LogP contribution in [-0.2, 0) is 22.4 Å². The van der Waals surface area contributed by atoms with Gasteiger partial charge in [-0.3, -0.25) is 4.79 Å². The van der Waals surface area contributed by atoms with Crippen molar-refractivity contribution in [1.29, 1.82) is 0 Å². The number of aromatic nitrogens is 1. The van der Waals surface area contributed by atoms with Crippen molar-refractivity contribution in [3.63, 3.8) is 0 Å². The Balaban J connectivity index is 1.64. The summed E-state index contributed by atoms with van der Waals surface area (Å²) < 4.78 is 63.7. The van der Waals surface area contributed by atoms with Gasteiger partial charge in [-0.2, -0.15) is 13.2 Å². The largest absolute Gasteiger partial charge is 0.496 e. The summed E-state index contributed by atoms with van der Waals surface area (Å²) in [6.07, 6.45) is -4.14. The molecule has 1 aromatic heterocycles. The molecule has 0 spiro atoms. The number of ether oxygens (including phenoxy) is 4. The molecule has 0 radical (unpaired) electrons. The maximum absolute atomic E-state index is 13.2. The average Bonchev–Trinajstić information content (AvgIpc) is 2.74. The van der Waals surface area contributed by atoms with E-state index < -0.39 is 11.6 Å². The number of benzene rings is 1. The van der Waals surface area contributed by atoms with Gasteiger partial charge in [0, 0.05) is 23.7 Å². The number of rotatable bonds is 5. The molecular formula is C21H24B2F3NO5. The van der Waals surface area contributed by atoms with E-state index in [1.54, 1.807) is 19.1 Å². The summed E-state index contributed by atoms with van der Waals surface area (Å²) in [5, 5.41) is -2.31. The van der Waals surface area contributed by atoms with Crippen molar-refractivity contribution < 1.29 is 32.1 Å². The standard InChI is InChI=1S/C21H24B2F3NO5/c1-12-17(28)9-18(31-11-15-10-29-6-7-30-15)27-5-4-13-8-14(2-3-16(13)19(12)27)32-20(22,23)21(24,25)26/h2-3,8-9,15H,4-7,10-11,22-23H2,1H3/t15-/m0/s1. The smallest absolute Gasteiger partial charge is 0.411 e. The number of pyridine rings is 1. The lowest BCUT2D eigenvalue weighted by Crippen LogP contribution is -2.51. The molecule has 0 saturated carbocycles. The maximum Gasteiger partial charge on any atom is 0.411 e. The van der Waals surface area contributed by atoms with Crippen LogP contribution < -0.4 is 14.9 Å². The average molecular weight is 449 g/mol. The van der Waals surface area contributed by atoms with Gasteiger partial charge in [0.05, 0.1) is 25.5 Å². The summed E-state index contributed by atoms with van der Waals surface area (Å²) in [5.41, 5.74) is 2.70. The van der Waals surface area contributed by atoms with Crippen molar-refractivity contribution in [3.05, 3.63) is 45.6 Å². The Labute approximate surface area is 185 Å². The Kier molecular flexibility index (Phi) is 6.06.